The molecule has 0 radical (unpaired) electrons. The van der Waals surface area contributed by atoms with Crippen molar-refractivity contribution in [1.29, 1.82) is 0 Å². The number of nitrogens with zero attached hydrogens (tertiary/aromatic N) is 1. The largest absolute Gasteiger partial charge is 0.205 e. The molecule has 0 amide bonds. The van der Waals surface area contributed by atoms with Gasteiger partial charge in [0.25, 0.3) is 0 Å². The van der Waals surface area contributed by atoms with Crippen molar-refractivity contribution >= 4 is 0 Å². The molecule has 1 nitrogen and oxygen atoms in total. The van der Waals surface area contributed by atoms with Gasteiger partial charge in [0.05, 0.1) is 0 Å². The summed E-state index contributed by atoms with van der Waals surface area (Å²) in [4.78, 5) is 0. The van der Waals surface area contributed by atoms with Crippen LogP contribution in [0.1, 0.15) is 89.7 Å². The van der Waals surface area contributed by atoms with Gasteiger partial charge in [0, 0.05) is 18.6 Å². The molecule has 0 aliphatic carbocycles. The number of unbranched alkanes of at least 4 members (excludes halogenated alkanes) is 11. The van der Waals surface area contributed by atoms with Gasteiger partial charge in [0.1, 0.15) is 7.05 Å². The maximum absolute atomic E-state index is 2.29. The first-order valence-electron chi connectivity index (χ1n) is 9.28. The zero-order valence-corrected chi connectivity index (χ0v) is 14.4. The SMILES string of the molecule is CCCCCCCCCCCCCCc1cccc[n+]1C. The molecule has 0 atom stereocenters. The normalized spacial score (nSPS) is 11.0. The summed E-state index contributed by atoms with van der Waals surface area (Å²) in [5.41, 5.74) is 1.46. The summed E-state index contributed by atoms with van der Waals surface area (Å²) in [5, 5.41) is 0. The molecule has 1 aromatic heterocycles. The first kappa shape index (κ1) is 18.2. The zero-order valence-electron chi connectivity index (χ0n) is 14.4. The Labute approximate surface area is 132 Å². The van der Waals surface area contributed by atoms with Gasteiger partial charge in [0.15, 0.2) is 11.9 Å². The van der Waals surface area contributed by atoms with Crippen LogP contribution >= 0.6 is 0 Å². The topological polar surface area (TPSA) is 3.88 Å². The molecule has 1 rings (SSSR count). The Hall–Kier alpha value is -0.850. The molecule has 0 unspecified atom stereocenters. The van der Waals surface area contributed by atoms with Crippen molar-refractivity contribution in [3.8, 4) is 0 Å². The lowest BCUT2D eigenvalue weighted by atomic mass is 10.0. The highest BCUT2D eigenvalue weighted by atomic mass is 14.9. The molecule has 0 saturated carbocycles. The Bertz CT molecular complexity index is 345. The first-order valence-corrected chi connectivity index (χ1v) is 9.28. The minimum atomic E-state index is 1.23. The van der Waals surface area contributed by atoms with Gasteiger partial charge in [-0.1, -0.05) is 83.6 Å². The fraction of sp³-hybridized carbons (Fsp3) is 0.750. The van der Waals surface area contributed by atoms with Gasteiger partial charge in [-0.3, -0.25) is 0 Å². The lowest BCUT2D eigenvalue weighted by Gasteiger charge is -2.03. The van der Waals surface area contributed by atoms with Gasteiger partial charge >= 0.3 is 0 Å². The molecule has 0 aromatic carbocycles. The van der Waals surface area contributed by atoms with E-state index in [9.17, 15) is 0 Å². The number of pyridine rings is 1. The van der Waals surface area contributed by atoms with Gasteiger partial charge in [-0.05, 0) is 6.42 Å². The summed E-state index contributed by atoms with van der Waals surface area (Å²) in [6, 6.07) is 6.50. The summed E-state index contributed by atoms with van der Waals surface area (Å²) in [5.74, 6) is 0. The summed E-state index contributed by atoms with van der Waals surface area (Å²) in [6.07, 6.45) is 20.5. The van der Waals surface area contributed by atoms with Crippen LogP contribution in [0.15, 0.2) is 24.4 Å². The lowest BCUT2D eigenvalue weighted by Crippen LogP contribution is -2.32. The Morgan fingerprint density at radius 1 is 0.714 bits per heavy atom. The molecule has 0 spiro atoms. The van der Waals surface area contributed by atoms with E-state index in [0.717, 1.165) is 0 Å². The second kappa shape index (κ2) is 12.9. The summed E-state index contributed by atoms with van der Waals surface area (Å²) in [6.45, 7) is 2.29. The molecule has 1 aromatic rings. The lowest BCUT2D eigenvalue weighted by molar-refractivity contribution is -0.679. The molecule has 120 valence electrons. The monoisotopic (exact) mass is 290 g/mol. The van der Waals surface area contributed by atoms with E-state index in [0.29, 0.717) is 0 Å². The number of hydrogen-bond donors (Lipinski definition) is 0. The molecule has 0 fully saturated rings. The third kappa shape index (κ3) is 9.66. The molecular formula is C20H36N+. The predicted octanol–water partition coefficient (Wildman–Crippen LogP) is 5.75. The molecule has 0 saturated heterocycles. The predicted molar refractivity (Wildman–Crippen MR) is 92.4 cm³/mol. The fourth-order valence-electron chi connectivity index (χ4n) is 2.97. The zero-order chi connectivity index (χ0) is 15.2. The standard InChI is InChI=1S/C20H36N/c1-3-4-5-6-7-8-9-10-11-12-13-14-17-20-18-15-16-19-21(20)2/h15-16,18-19H,3-14,17H2,1-2H3/q+1. The highest BCUT2D eigenvalue weighted by Crippen LogP contribution is 2.12. The van der Waals surface area contributed by atoms with E-state index in [1.807, 2.05) is 0 Å². The van der Waals surface area contributed by atoms with Gasteiger partial charge in [-0.25, -0.2) is 4.57 Å². The van der Waals surface area contributed by atoms with E-state index in [1.54, 1.807) is 0 Å². The Morgan fingerprint density at radius 2 is 1.24 bits per heavy atom. The van der Waals surface area contributed by atoms with Crippen molar-refractivity contribution in [2.45, 2.75) is 90.4 Å². The number of aryl methyl sites for hydroxylation is 2. The molecular weight excluding hydrogens is 254 g/mol. The Kier molecular flexibility index (Phi) is 11.1. The van der Waals surface area contributed by atoms with Crippen molar-refractivity contribution in [1.82, 2.24) is 0 Å². The van der Waals surface area contributed by atoms with Gasteiger partial charge in [0.2, 0.25) is 0 Å². The van der Waals surface area contributed by atoms with Crippen LogP contribution in [0.3, 0.4) is 0 Å². The van der Waals surface area contributed by atoms with E-state index < -0.39 is 0 Å². The molecule has 0 N–H and O–H groups in total. The second-order valence-corrected chi connectivity index (χ2v) is 6.44. The van der Waals surface area contributed by atoms with E-state index in [-0.39, 0.29) is 0 Å². The highest BCUT2D eigenvalue weighted by molar-refractivity contribution is 4.96. The number of hydrogen-bond acceptors (Lipinski definition) is 0. The van der Waals surface area contributed by atoms with Crippen LogP contribution in [0.5, 0.6) is 0 Å². The molecule has 1 heterocycles. The minimum absolute atomic E-state index is 1.23. The quantitative estimate of drug-likeness (QED) is 0.321. The second-order valence-electron chi connectivity index (χ2n) is 6.44. The van der Waals surface area contributed by atoms with Crippen LogP contribution < -0.4 is 4.57 Å². The van der Waals surface area contributed by atoms with Gasteiger partial charge in [-0.15, -0.1) is 0 Å². The van der Waals surface area contributed by atoms with Crippen LogP contribution in [0.2, 0.25) is 0 Å². The maximum Gasteiger partial charge on any atom is 0.181 e. The maximum atomic E-state index is 2.29. The van der Waals surface area contributed by atoms with Crippen LogP contribution in [0, 0.1) is 0 Å². The van der Waals surface area contributed by atoms with Crippen molar-refractivity contribution in [2.24, 2.45) is 7.05 Å². The number of aromatic nitrogens is 1. The van der Waals surface area contributed by atoms with E-state index in [4.69, 9.17) is 0 Å². The van der Waals surface area contributed by atoms with Crippen molar-refractivity contribution in [3.63, 3.8) is 0 Å². The van der Waals surface area contributed by atoms with Gasteiger partial charge < -0.3 is 0 Å². The van der Waals surface area contributed by atoms with Crippen LogP contribution in [0.4, 0.5) is 0 Å². The van der Waals surface area contributed by atoms with E-state index >= 15 is 0 Å². The Morgan fingerprint density at radius 3 is 1.76 bits per heavy atom. The molecule has 0 aliphatic rings. The Balaban J connectivity index is 1.84. The number of rotatable bonds is 13. The highest BCUT2D eigenvalue weighted by Gasteiger charge is 2.03. The fourth-order valence-corrected chi connectivity index (χ4v) is 2.97. The van der Waals surface area contributed by atoms with Crippen molar-refractivity contribution < 1.29 is 4.57 Å². The van der Waals surface area contributed by atoms with Crippen molar-refractivity contribution in [3.05, 3.63) is 30.1 Å². The minimum Gasteiger partial charge on any atom is -0.205 e. The smallest absolute Gasteiger partial charge is 0.181 e. The van der Waals surface area contributed by atoms with Crippen LogP contribution in [-0.2, 0) is 13.5 Å². The molecule has 21 heavy (non-hydrogen) atoms. The van der Waals surface area contributed by atoms with Crippen molar-refractivity contribution in [2.75, 3.05) is 0 Å². The third-order valence-electron chi connectivity index (χ3n) is 4.45. The van der Waals surface area contributed by atoms with E-state index in [2.05, 4.69) is 42.9 Å². The molecule has 0 aliphatic heterocycles. The molecule has 1 heteroatoms. The van der Waals surface area contributed by atoms with Crippen LogP contribution in [-0.4, -0.2) is 0 Å². The third-order valence-corrected chi connectivity index (χ3v) is 4.45. The summed E-state index contributed by atoms with van der Waals surface area (Å²) < 4.78 is 2.25. The van der Waals surface area contributed by atoms with E-state index in [1.165, 1.54) is 89.2 Å². The first-order chi connectivity index (χ1) is 10.3. The average Bonchev–Trinajstić information content (AvgIpc) is 2.50. The molecule has 0 bridgehead atoms. The summed E-state index contributed by atoms with van der Waals surface area (Å²) in [7, 11) is 2.15. The average molecular weight is 291 g/mol. The van der Waals surface area contributed by atoms with Gasteiger partial charge in [-0.2, -0.15) is 0 Å². The summed E-state index contributed by atoms with van der Waals surface area (Å²) >= 11 is 0. The van der Waals surface area contributed by atoms with Crippen LogP contribution in [0.25, 0.3) is 0 Å².